The minimum Gasteiger partial charge on any atom is -0.320 e. The summed E-state index contributed by atoms with van der Waals surface area (Å²) in [5, 5.41) is 0. The molecule has 0 amide bonds. The van der Waals surface area contributed by atoms with E-state index < -0.39 is 0 Å². The molecular formula is C20H44Ti. The maximum absolute atomic E-state index is 2.16. The summed E-state index contributed by atoms with van der Waals surface area (Å²) in [6.07, 6.45) is 4.89. The van der Waals surface area contributed by atoms with Gasteiger partial charge in [-0.1, -0.05) is 27.7 Å². The Kier molecular flexibility index (Phi) is 45.8. The first kappa shape index (κ1) is 33.4. The molecule has 0 saturated carbocycles. The summed E-state index contributed by atoms with van der Waals surface area (Å²) in [6, 6.07) is 0. The summed E-state index contributed by atoms with van der Waals surface area (Å²) in [6.45, 7) is 25.8. The monoisotopic (exact) mass is 332 g/mol. The summed E-state index contributed by atoms with van der Waals surface area (Å²) in [5.41, 5.74) is 0. The van der Waals surface area contributed by atoms with Crippen molar-refractivity contribution in [3.05, 3.63) is 23.7 Å². The summed E-state index contributed by atoms with van der Waals surface area (Å²) >= 11 is 0. The molecule has 0 fully saturated rings. The van der Waals surface area contributed by atoms with Gasteiger partial charge in [-0.15, -0.1) is 0 Å². The van der Waals surface area contributed by atoms with Gasteiger partial charge in [-0.3, -0.25) is 0 Å². The Morgan fingerprint density at radius 2 is 0.429 bits per heavy atom. The number of rotatable bonds is 4. The fourth-order valence-corrected chi connectivity index (χ4v) is 0. The van der Waals surface area contributed by atoms with Crippen LogP contribution >= 0.6 is 0 Å². The van der Waals surface area contributed by atoms with Crippen molar-refractivity contribution in [2.75, 3.05) is 0 Å². The zero-order valence-electron chi connectivity index (χ0n) is 17.3. The van der Waals surface area contributed by atoms with Crippen molar-refractivity contribution in [1.82, 2.24) is 0 Å². The normalized spacial score (nSPS) is 9.14. The van der Waals surface area contributed by atoms with E-state index in [1.54, 1.807) is 0 Å². The van der Waals surface area contributed by atoms with E-state index >= 15 is 0 Å². The zero-order chi connectivity index (χ0) is 17.1. The first-order valence-corrected chi connectivity index (χ1v) is 8.24. The van der Waals surface area contributed by atoms with Gasteiger partial charge >= 0.3 is 21.7 Å². The van der Waals surface area contributed by atoms with Gasteiger partial charge in [0.15, 0.2) is 0 Å². The third-order valence-electron chi connectivity index (χ3n) is 2.83. The van der Waals surface area contributed by atoms with E-state index in [1.807, 2.05) is 0 Å². The van der Waals surface area contributed by atoms with Crippen molar-refractivity contribution in [2.45, 2.75) is 109 Å². The Labute approximate surface area is 154 Å². The molecular weight excluding hydrogens is 288 g/mol. The van der Waals surface area contributed by atoms with Gasteiger partial charge in [0, 0.05) is 0 Å². The molecule has 0 saturated heterocycles. The van der Waals surface area contributed by atoms with Crippen molar-refractivity contribution in [2.24, 2.45) is 0 Å². The average molecular weight is 332 g/mol. The molecule has 0 rings (SSSR count). The molecule has 0 atom stereocenters. The first-order chi connectivity index (χ1) is 9.08. The third-order valence-corrected chi connectivity index (χ3v) is 2.83. The molecule has 0 radical (unpaired) electrons. The van der Waals surface area contributed by atoms with Crippen LogP contribution in [0.4, 0.5) is 0 Å². The van der Waals surface area contributed by atoms with Crippen LogP contribution < -0.4 is 0 Å². The molecule has 128 valence electrons. The second-order valence-corrected chi connectivity index (χ2v) is 6.24. The minimum atomic E-state index is 0. The van der Waals surface area contributed by atoms with Crippen LogP contribution in [0, 0.1) is 23.7 Å². The van der Waals surface area contributed by atoms with Gasteiger partial charge in [-0.2, -0.15) is 81.1 Å². The average Bonchev–Trinajstić information content (AvgIpc) is 2.40. The van der Waals surface area contributed by atoms with Gasteiger partial charge in [-0.05, 0) is 0 Å². The second kappa shape index (κ2) is 28.8. The van der Waals surface area contributed by atoms with Crippen molar-refractivity contribution in [1.29, 1.82) is 0 Å². The molecule has 0 heterocycles. The van der Waals surface area contributed by atoms with Crippen LogP contribution in [0.5, 0.6) is 0 Å². The van der Waals surface area contributed by atoms with E-state index in [0.717, 1.165) is 0 Å². The standard InChI is InChI=1S/4C5H11.Ti/c4*1-4-5(2)3;/h4*4H2,1-3H3;/q4*-1;+4. The first-order valence-electron chi connectivity index (χ1n) is 8.24. The van der Waals surface area contributed by atoms with E-state index in [4.69, 9.17) is 0 Å². The van der Waals surface area contributed by atoms with Crippen LogP contribution in [0.2, 0.25) is 0 Å². The Balaban J connectivity index is -0.0000000533. The molecule has 1 heteroatoms. The van der Waals surface area contributed by atoms with Gasteiger partial charge in [0.25, 0.3) is 0 Å². The van der Waals surface area contributed by atoms with Gasteiger partial charge in [0.2, 0.25) is 0 Å². The van der Waals surface area contributed by atoms with Gasteiger partial charge in [-0.25, -0.2) is 0 Å². The van der Waals surface area contributed by atoms with Crippen LogP contribution in [0.3, 0.4) is 0 Å². The second-order valence-electron chi connectivity index (χ2n) is 6.24. The Bertz CT molecular complexity index is 93.8. The van der Waals surface area contributed by atoms with Crippen LogP contribution in [0.1, 0.15) is 109 Å². The Hall–Kier alpha value is 0.714. The third kappa shape index (κ3) is 95.5. The van der Waals surface area contributed by atoms with E-state index in [0.29, 0.717) is 0 Å². The van der Waals surface area contributed by atoms with Gasteiger partial charge < -0.3 is 23.7 Å². The summed E-state index contributed by atoms with van der Waals surface area (Å²) in [5.74, 6) is 6.02. The minimum absolute atomic E-state index is 0. The van der Waals surface area contributed by atoms with Crippen LogP contribution in [0.15, 0.2) is 0 Å². The van der Waals surface area contributed by atoms with Crippen LogP contribution in [-0.4, -0.2) is 0 Å². The molecule has 21 heavy (non-hydrogen) atoms. The molecule has 0 aromatic carbocycles. The Morgan fingerprint density at radius 1 is 0.381 bits per heavy atom. The van der Waals surface area contributed by atoms with Gasteiger partial charge in [0.05, 0.1) is 0 Å². The maximum atomic E-state index is 2.16. The molecule has 0 aromatic rings. The number of hydrogen-bond acceptors (Lipinski definition) is 0. The topological polar surface area (TPSA) is 0 Å². The fraction of sp³-hybridized carbons (Fsp3) is 0.800. The molecule has 0 spiro atoms. The predicted molar refractivity (Wildman–Crippen MR) is 99.5 cm³/mol. The SMILES string of the molecule is CC[C-](C)C.CC[C-](C)C.CC[C-](C)C.CC[C-](C)C.[Ti+4]. The fourth-order valence-electron chi connectivity index (χ4n) is 0. The molecule has 0 aromatic heterocycles. The quantitative estimate of drug-likeness (QED) is 0.361. The molecule has 0 nitrogen and oxygen atoms in total. The summed E-state index contributed by atoms with van der Waals surface area (Å²) in [4.78, 5) is 0. The van der Waals surface area contributed by atoms with E-state index in [1.165, 1.54) is 49.4 Å². The smallest absolute Gasteiger partial charge is 0.320 e. The molecule has 0 N–H and O–H groups in total. The molecule has 0 aliphatic carbocycles. The van der Waals surface area contributed by atoms with E-state index in [2.05, 4.69) is 83.1 Å². The molecule has 0 bridgehead atoms. The van der Waals surface area contributed by atoms with Crippen LogP contribution in [0.25, 0.3) is 0 Å². The summed E-state index contributed by atoms with van der Waals surface area (Å²) < 4.78 is 0. The van der Waals surface area contributed by atoms with Gasteiger partial charge in [0.1, 0.15) is 0 Å². The van der Waals surface area contributed by atoms with E-state index in [9.17, 15) is 0 Å². The van der Waals surface area contributed by atoms with Crippen molar-refractivity contribution < 1.29 is 21.7 Å². The maximum Gasteiger partial charge on any atom is 4.00 e. The molecule has 0 unspecified atom stereocenters. The predicted octanol–water partition coefficient (Wildman–Crippen LogP) is 8.04. The summed E-state index contributed by atoms with van der Waals surface area (Å²) in [7, 11) is 0. The van der Waals surface area contributed by atoms with Crippen molar-refractivity contribution in [3.8, 4) is 0 Å². The molecule has 0 aliphatic heterocycles. The Morgan fingerprint density at radius 3 is 0.429 bits per heavy atom. The van der Waals surface area contributed by atoms with Crippen LogP contribution in [-0.2, 0) is 21.7 Å². The number of hydrogen-bond donors (Lipinski definition) is 0. The van der Waals surface area contributed by atoms with Crippen molar-refractivity contribution in [3.63, 3.8) is 0 Å². The molecule has 0 aliphatic rings. The largest absolute Gasteiger partial charge is 4.00 e. The van der Waals surface area contributed by atoms with Crippen molar-refractivity contribution >= 4 is 0 Å². The zero-order valence-corrected chi connectivity index (χ0v) is 18.9. The van der Waals surface area contributed by atoms with E-state index in [-0.39, 0.29) is 21.7 Å².